The van der Waals surface area contributed by atoms with Crippen LogP contribution in [0.1, 0.15) is 25.3 Å². The summed E-state index contributed by atoms with van der Waals surface area (Å²) < 4.78 is 4.94. The zero-order chi connectivity index (χ0) is 18.7. The molecule has 0 spiro atoms. The van der Waals surface area contributed by atoms with E-state index in [9.17, 15) is 19.2 Å². The summed E-state index contributed by atoms with van der Waals surface area (Å²) in [5, 5.41) is 2.62. The average Bonchev–Trinajstić information content (AvgIpc) is 3.25. The lowest BCUT2D eigenvalue weighted by atomic mass is 9.92. The van der Waals surface area contributed by atoms with Crippen molar-refractivity contribution in [1.82, 2.24) is 15.1 Å². The van der Waals surface area contributed by atoms with E-state index in [4.69, 9.17) is 4.74 Å². The quantitative estimate of drug-likeness (QED) is 0.614. The Kier molecular flexibility index (Phi) is 4.92. The number of hydrogen-bond acceptors (Lipinski definition) is 5. The maximum atomic E-state index is 12.7. The Bertz CT molecular complexity index is 730. The molecule has 26 heavy (non-hydrogen) atoms. The van der Waals surface area contributed by atoms with Gasteiger partial charge in [0.1, 0.15) is 12.1 Å². The highest BCUT2D eigenvalue weighted by atomic mass is 16.5. The minimum atomic E-state index is -1.23. The molecule has 8 heteroatoms. The molecule has 2 heterocycles. The second kappa shape index (κ2) is 7.15. The Morgan fingerprint density at radius 3 is 2.46 bits per heavy atom. The Labute approximate surface area is 151 Å². The largest absolute Gasteiger partial charge is 0.454 e. The second-order valence-corrected chi connectivity index (χ2v) is 6.56. The topological polar surface area (TPSA) is 96.0 Å². The molecule has 3 rings (SSSR count). The van der Waals surface area contributed by atoms with Crippen LogP contribution in [0.5, 0.6) is 0 Å². The van der Waals surface area contributed by atoms with Crippen molar-refractivity contribution in [3.05, 3.63) is 35.9 Å². The minimum Gasteiger partial charge on any atom is -0.454 e. The molecule has 4 amide bonds. The number of nitrogens with zero attached hydrogens (tertiary/aromatic N) is 2. The SMILES string of the molecule is C[C@@]1(c2ccccc2)NC(=O)N(CC(=O)OCC(=O)N2CCCC2)C1=O. The van der Waals surface area contributed by atoms with Gasteiger partial charge in [0.15, 0.2) is 6.61 Å². The number of esters is 1. The van der Waals surface area contributed by atoms with Gasteiger partial charge in [-0.25, -0.2) is 4.79 Å². The zero-order valence-electron chi connectivity index (χ0n) is 14.6. The molecule has 0 radical (unpaired) electrons. The van der Waals surface area contributed by atoms with E-state index in [1.54, 1.807) is 42.2 Å². The van der Waals surface area contributed by atoms with Crippen LogP contribution in [0.2, 0.25) is 0 Å². The van der Waals surface area contributed by atoms with E-state index in [1.807, 2.05) is 0 Å². The molecule has 1 atom stereocenters. The third-order valence-electron chi connectivity index (χ3n) is 4.73. The van der Waals surface area contributed by atoms with Gasteiger partial charge in [-0.3, -0.25) is 19.3 Å². The molecular weight excluding hydrogens is 338 g/mol. The fourth-order valence-corrected chi connectivity index (χ4v) is 3.18. The van der Waals surface area contributed by atoms with E-state index >= 15 is 0 Å². The summed E-state index contributed by atoms with van der Waals surface area (Å²) in [6.07, 6.45) is 1.89. The van der Waals surface area contributed by atoms with Crippen molar-refractivity contribution in [2.75, 3.05) is 26.2 Å². The van der Waals surface area contributed by atoms with Gasteiger partial charge in [-0.1, -0.05) is 30.3 Å². The third kappa shape index (κ3) is 3.40. The van der Waals surface area contributed by atoms with E-state index in [0.717, 1.165) is 17.7 Å². The molecule has 0 aromatic heterocycles. The highest BCUT2D eigenvalue weighted by Crippen LogP contribution is 2.28. The molecule has 1 aromatic carbocycles. The fraction of sp³-hybridized carbons (Fsp3) is 0.444. The Hall–Kier alpha value is -2.90. The summed E-state index contributed by atoms with van der Waals surface area (Å²) in [5.41, 5.74) is -0.609. The van der Waals surface area contributed by atoms with Crippen LogP contribution in [0.25, 0.3) is 0 Å². The van der Waals surface area contributed by atoms with Crippen LogP contribution < -0.4 is 5.32 Å². The summed E-state index contributed by atoms with van der Waals surface area (Å²) >= 11 is 0. The van der Waals surface area contributed by atoms with E-state index in [2.05, 4.69) is 5.32 Å². The molecule has 2 aliphatic rings. The summed E-state index contributed by atoms with van der Waals surface area (Å²) in [6, 6.07) is 8.13. The lowest BCUT2D eigenvalue weighted by molar-refractivity contribution is -0.153. The molecule has 2 aliphatic heterocycles. The maximum absolute atomic E-state index is 12.7. The predicted molar refractivity (Wildman–Crippen MR) is 90.8 cm³/mol. The summed E-state index contributed by atoms with van der Waals surface area (Å²) in [7, 11) is 0. The fourth-order valence-electron chi connectivity index (χ4n) is 3.18. The van der Waals surface area contributed by atoms with Crippen LogP contribution >= 0.6 is 0 Å². The molecule has 0 aliphatic carbocycles. The van der Waals surface area contributed by atoms with Crippen LogP contribution in [0, 0.1) is 0 Å². The van der Waals surface area contributed by atoms with Crippen LogP contribution in [-0.4, -0.2) is 59.9 Å². The first-order chi connectivity index (χ1) is 12.4. The first kappa shape index (κ1) is 17.9. The standard InChI is InChI=1S/C18H21N3O5/c1-18(13-7-3-2-4-8-13)16(24)21(17(25)19-18)11-15(23)26-12-14(22)20-9-5-6-10-20/h2-4,7-8H,5-6,9-12H2,1H3,(H,19,25)/t18-/m0/s1. The van der Waals surface area contributed by atoms with Gasteiger partial charge in [0.2, 0.25) is 0 Å². The Morgan fingerprint density at radius 2 is 1.81 bits per heavy atom. The summed E-state index contributed by atoms with van der Waals surface area (Å²) in [6.45, 7) is 2.02. The molecule has 2 saturated heterocycles. The molecule has 138 valence electrons. The van der Waals surface area contributed by atoms with Gasteiger partial charge in [-0.05, 0) is 25.3 Å². The third-order valence-corrected chi connectivity index (χ3v) is 4.73. The number of carbonyl (C=O) groups excluding carboxylic acids is 4. The van der Waals surface area contributed by atoms with Crippen molar-refractivity contribution in [1.29, 1.82) is 0 Å². The van der Waals surface area contributed by atoms with Crippen molar-refractivity contribution in [2.45, 2.75) is 25.3 Å². The molecule has 0 bridgehead atoms. The summed E-state index contributed by atoms with van der Waals surface area (Å²) in [4.78, 5) is 51.2. The number of ether oxygens (including phenoxy) is 1. The average molecular weight is 359 g/mol. The van der Waals surface area contributed by atoms with Crippen LogP contribution in [0.4, 0.5) is 4.79 Å². The number of benzene rings is 1. The number of nitrogens with one attached hydrogen (secondary N) is 1. The molecule has 8 nitrogen and oxygen atoms in total. The number of amides is 4. The number of likely N-dealkylation sites (tertiary alicyclic amines) is 1. The van der Waals surface area contributed by atoms with Crippen molar-refractivity contribution in [3.63, 3.8) is 0 Å². The van der Waals surface area contributed by atoms with Crippen LogP contribution in [-0.2, 0) is 24.7 Å². The Balaban J connectivity index is 1.59. The number of carbonyl (C=O) groups is 4. The minimum absolute atomic E-state index is 0.262. The lowest BCUT2D eigenvalue weighted by Crippen LogP contribution is -2.42. The number of imide groups is 1. The van der Waals surface area contributed by atoms with Gasteiger partial charge in [0.05, 0.1) is 0 Å². The van der Waals surface area contributed by atoms with Gasteiger partial charge in [-0.15, -0.1) is 0 Å². The summed E-state index contributed by atoms with van der Waals surface area (Å²) in [5.74, 6) is -1.59. The van der Waals surface area contributed by atoms with E-state index in [-0.39, 0.29) is 12.5 Å². The highest BCUT2D eigenvalue weighted by Gasteiger charge is 2.49. The van der Waals surface area contributed by atoms with Crippen LogP contribution in [0.15, 0.2) is 30.3 Å². The molecule has 2 fully saturated rings. The maximum Gasteiger partial charge on any atom is 0.326 e. The molecule has 1 N–H and O–H groups in total. The normalized spacial score (nSPS) is 22.5. The van der Waals surface area contributed by atoms with Crippen molar-refractivity contribution < 1.29 is 23.9 Å². The monoisotopic (exact) mass is 359 g/mol. The van der Waals surface area contributed by atoms with Gasteiger partial charge in [0.25, 0.3) is 11.8 Å². The van der Waals surface area contributed by atoms with Gasteiger partial charge in [0, 0.05) is 13.1 Å². The molecule has 0 unspecified atom stereocenters. The van der Waals surface area contributed by atoms with Gasteiger partial charge in [-0.2, -0.15) is 0 Å². The molecule has 1 aromatic rings. The predicted octanol–water partition coefficient (Wildman–Crippen LogP) is 0.619. The van der Waals surface area contributed by atoms with Crippen molar-refractivity contribution in [3.8, 4) is 0 Å². The van der Waals surface area contributed by atoms with E-state index < -0.39 is 30.0 Å². The Morgan fingerprint density at radius 1 is 1.15 bits per heavy atom. The number of urea groups is 1. The number of rotatable bonds is 5. The zero-order valence-corrected chi connectivity index (χ0v) is 14.6. The van der Waals surface area contributed by atoms with Crippen LogP contribution in [0.3, 0.4) is 0 Å². The van der Waals surface area contributed by atoms with E-state index in [1.165, 1.54) is 0 Å². The first-order valence-electron chi connectivity index (χ1n) is 8.55. The number of hydrogen-bond donors (Lipinski definition) is 1. The van der Waals surface area contributed by atoms with Crippen molar-refractivity contribution in [2.24, 2.45) is 0 Å². The van der Waals surface area contributed by atoms with Gasteiger partial charge >= 0.3 is 12.0 Å². The second-order valence-electron chi connectivity index (χ2n) is 6.56. The molecule has 0 saturated carbocycles. The van der Waals surface area contributed by atoms with Gasteiger partial charge < -0.3 is 15.0 Å². The van der Waals surface area contributed by atoms with Crippen molar-refractivity contribution >= 4 is 23.8 Å². The highest BCUT2D eigenvalue weighted by molar-refractivity contribution is 6.08. The molecular formula is C18H21N3O5. The first-order valence-corrected chi connectivity index (χ1v) is 8.55. The lowest BCUT2D eigenvalue weighted by Gasteiger charge is -2.22. The smallest absolute Gasteiger partial charge is 0.326 e. The van der Waals surface area contributed by atoms with E-state index in [0.29, 0.717) is 18.7 Å².